The Bertz CT molecular complexity index is 988. The minimum Gasteiger partial charge on any atom is -0.380 e. The predicted molar refractivity (Wildman–Crippen MR) is 100 cm³/mol. The van der Waals surface area contributed by atoms with Gasteiger partial charge in [0.2, 0.25) is 5.82 Å². The maximum atomic E-state index is 14.2. The topological polar surface area (TPSA) is 69.0 Å². The molecule has 6 nitrogen and oxygen atoms in total. The Labute approximate surface area is 161 Å². The third kappa shape index (κ3) is 4.23. The first-order valence-electron chi connectivity index (χ1n) is 8.83. The number of methoxy groups -OCH3 is 1. The summed E-state index contributed by atoms with van der Waals surface area (Å²) in [7, 11) is 1.48. The van der Waals surface area contributed by atoms with Crippen molar-refractivity contribution in [3.8, 4) is 5.69 Å². The lowest BCUT2D eigenvalue weighted by Gasteiger charge is -2.09. The molecule has 0 fully saturated rings. The first kappa shape index (κ1) is 19.6. The molecule has 0 radical (unpaired) electrons. The van der Waals surface area contributed by atoms with Crippen molar-refractivity contribution in [1.29, 1.82) is 0 Å². The maximum Gasteiger partial charge on any atom is 0.295 e. The fourth-order valence-electron chi connectivity index (χ4n) is 2.78. The lowest BCUT2D eigenvalue weighted by Crippen LogP contribution is -2.16. The molecule has 0 unspecified atom stereocenters. The van der Waals surface area contributed by atoms with E-state index in [1.54, 1.807) is 18.2 Å². The van der Waals surface area contributed by atoms with Crippen LogP contribution in [0.1, 0.15) is 35.4 Å². The number of amides is 1. The molecule has 0 aliphatic carbocycles. The molecule has 1 aromatic heterocycles. The fraction of sp³-hybridized carbons (Fsp3) is 0.250. The van der Waals surface area contributed by atoms with Gasteiger partial charge >= 0.3 is 0 Å². The second kappa shape index (κ2) is 8.71. The van der Waals surface area contributed by atoms with E-state index >= 15 is 0 Å². The number of aryl methyl sites for hydroxylation is 1. The molecule has 0 atom stereocenters. The number of nitrogens with one attached hydrogen (secondary N) is 1. The molecular weight excluding hydrogens is 366 g/mol. The molecular formula is C20H20F2N4O2. The summed E-state index contributed by atoms with van der Waals surface area (Å²) in [4.78, 5) is 16.9. The summed E-state index contributed by atoms with van der Waals surface area (Å²) in [5, 5.41) is 6.87. The zero-order valence-corrected chi connectivity index (χ0v) is 15.6. The number of nitrogens with zero attached hydrogens (tertiary/aromatic N) is 3. The van der Waals surface area contributed by atoms with Crippen LogP contribution in [0.25, 0.3) is 5.69 Å². The molecule has 8 heteroatoms. The second-order valence-corrected chi connectivity index (χ2v) is 6.15. The van der Waals surface area contributed by atoms with Crippen LogP contribution in [0.2, 0.25) is 0 Å². The van der Waals surface area contributed by atoms with Gasteiger partial charge in [-0.15, -0.1) is 5.10 Å². The number of halogens is 2. The Kier molecular flexibility index (Phi) is 6.10. The number of benzene rings is 2. The van der Waals surface area contributed by atoms with Crippen LogP contribution in [0.4, 0.5) is 14.5 Å². The molecule has 0 aliphatic heterocycles. The van der Waals surface area contributed by atoms with E-state index < -0.39 is 17.5 Å². The highest BCUT2D eigenvalue weighted by Gasteiger charge is 2.19. The van der Waals surface area contributed by atoms with Gasteiger partial charge in [0.05, 0.1) is 6.61 Å². The van der Waals surface area contributed by atoms with Gasteiger partial charge in [0.1, 0.15) is 23.1 Å². The number of rotatable bonds is 7. The number of para-hydroxylation sites is 1. The van der Waals surface area contributed by atoms with E-state index in [0.29, 0.717) is 23.5 Å². The zero-order valence-electron chi connectivity index (χ0n) is 15.6. The quantitative estimate of drug-likeness (QED) is 0.669. The summed E-state index contributed by atoms with van der Waals surface area (Å²) in [6, 6.07) is 10.1. The molecule has 0 saturated heterocycles. The van der Waals surface area contributed by atoms with E-state index in [1.807, 2.05) is 6.92 Å². The van der Waals surface area contributed by atoms with Crippen molar-refractivity contribution in [2.45, 2.75) is 26.4 Å². The van der Waals surface area contributed by atoms with Crippen molar-refractivity contribution >= 4 is 11.6 Å². The molecule has 0 saturated carbocycles. The van der Waals surface area contributed by atoms with Crippen molar-refractivity contribution < 1.29 is 18.3 Å². The lowest BCUT2D eigenvalue weighted by molar-refractivity contribution is 0.101. The zero-order chi connectivity index (χ0) is 20.1. The summed E-state index contributed by atoms with van der Waals surface area (Å²) in [6.07, 6.45) is 1.28. The largest absolute Gasteiger partial charge is 0.380 e. The van der Waals surface area contributed by atoms with E-state index in [9.17, 15) is 13.6 Å². The highest BCUT2D eigenvalue weighted by molar-refractivity contribution is 6.02. The van der Waals surface area contributed by atoms with E-state index in [0.717, 1.165) is 6.42 Å². The molecule has 3 aromatic rings. The van der Waals surface area contributed by atoms with Crippen LogP contribution in [0.5, 0.6) is 0 Å². The summed E-state index contributed by atoms with van der Waals surface area (Å²) in [6.45, 7) is 2.08. The van der Waals surface area contributed by atoms with Gasteiger partial charge in [-0.05, 0) is 36.8 Å². The van der Waals surface area contributed by atoms with Crippen LogP contribution >= 0.6 is 0 Å². The van der Waals surface area contributed by atoms with E-state index in [1.165, 1.54) is 36.1 Å². The number of hydrogen-bond donors (Lipinski definition) is 1. The van der Waals surface area contributed by atoms with E-state index in [2.05, 4.69) is 15.4 Å². The van der Waals surface area contributed by atoms with Gasteiger partial charge in [0.15, 0.2) is 0 Å². The molecule has 1 amide bonds. The van der Waals surface area contributed by atoms with Crippen molar-refractivity contribution in [3.05, 3.63) is 71.3 Å². The Morgan fingerprint density at radius 3 is 2.71 bits per heavy atom. The molecule has 1 N–H and O–H groups in total. The Balaban J connectivity index is 1.93. The van der Waals surface area contributed by atoms with Crippen molar-refractivity contribution in [1.82, 2.24) is 14.8 Å². The Hall–Kier alpha value is -3.13. The predicted octanol–water partition coefficient (Wildman–Crippen LogP) is 3.90. The normalized spacial score (nSPS) is 10.9. The maximum absolute atomic E-state index is 14.2. The Morgan fingerprint density at radius 2 is 2.00 bits per heavy atom. The van der Waals surface area contributed by atoms with Crippen LogP contribution in [-0.4, -0.2) is 27.8 Å². The minimum absolute atomic E-state index is 0.0978. The number of ether oxygens (including phenoxy) is 1. The van der Waals surface area contributed by atoms with Crippen molar-refractivity contribution in [3.63, 3.8) is 0 Å². The second-order valence-electron chi connectivity index (χ2n) is 6.15. The molecule has 2 aromatic carbocycles. The number of carbonyl (C=O) groups is 1. The third-order valence-electron chi connectivity index (χ3n) is 4.05. The van der Waals surface area contributed by atoms with Crippen LogP contribution in [0.15, 0.2) is 42.5 Å². The lowest BCUT2D eigenvalue weighted by atomic mass is 10.2. The molecule has 0 bridgehead atoms. The van der Waals surface area contributed by atoms with Gasteiger partial charge in [0.25, 0.3) is 5.91 Å². The first-order valence-corrected chi connectivity index (χ1v) is 8.83. The molecule has 28 heavy (non-hydrogen) atoms. The fourth-order valence-corrected chi connectivity index (χ4v) is 2.78. The molecule has 1 heterocycles. The third-order valence-corrected chi connectivity index (χ3v) is 4.05. The standard InChI is InChI=1S/C20H20F2N4O2/c1-3-6-18-24-19(25-26(18)17-8-5-4-7-15(17)22)20(27)23-16-10-9-14(21)11-13(16)12-28-2/h4-5,7-11H,3,6,12H2,1-2H3,(H,23,27). The number of anilines is 1. The van der Waals surface area contributed by atoms with Gasteiger partial charge in [-0.25, -0.2) is 18.4 Å². The molecule has 0 spiro atoms. The van der Waals surface area contributed by atoms with Crippen LogP contribution in [-0.2, 0) is 17.8 Å². The number of carbonyl (C=O) groups excluding carboxylic acids is 1. The van der Waals surface area contributed by atoms with Crippen LogP contribution in [0.3, 0.4) is 0 Å². The van der Waals surface area contributed by atoms with Gasteiger partial charge in [-0.3, -0.25) is 4.79 Å². The molecule has 3 rings (SSSR count). The Morgan fingerprint density at radius 1 is 1.21 bits per heavy atom. The average molecular weight is 386 g/mol. The summed E-state index contributed by atoms with van der Waals surface area (Å²) in [5.41, 5.74) is 1.10. The molecule has 146 valence electrons. The highest BCUT2D eigenvalue weighted by Crippen LogP contribution is 2.20. The summed E-state index contributed by atoms with van der Waals surface area (Å²) < 4.78 is 34.0. The highest BCUT2D eigenvalue weighted by atomic mass is 19.1. The summed E-state index contributed by atoms with van der Waals surface area (Å²) in [5.74, 6) is -1.08. The van der Waals surface area contributed by atoms with E-state index in [-0.39, 0.29) is 18.1 Å². The van der Waals surface area contributed by atoms with Crippen molar-refractivity contribution in [2.75, 3.05) is 12.4 Å². The average Bonchev–Trinajstić information content (AvgIpc) is 3.09. The van der Waals surface area contributed by atoms with Crippen LogP contribution in [0, 0.1) is 11.6 Å². The van der Waals surface area contributed by atoms with Gasteiger partial charge < -0.3 is 10.1 Å². The van der Waals surface area contributed by atoms with Gasteiger partial charge in [-0.1, -0.05) is 19.1 Å². The van der Waals surface area contributed by atoms with E-state index in [4.69, 9.17) is 4.74 Å². The SMILES string of the molecule is CCCc1nc(C(=O)Nc2ccc(F)cc2COC)nn1-c1ccccc1F. The van der Waals surface area contributed by atoms with Crippen molar-refractivity contribution in [2.24, 2.45) is 0 Å². The van der Waals surface area contributed by atoms with Crippen LogP contribution < -0.4 is 5.32 Å². The van der Waals surface area contributed by atoms with Gasteiger partial charge in [-0.2, -0.15) is 0 Å². The van der Waals surface area contributed by atoms with Gasteiger partial charge in [0, 0.05) is 24.8 Å². The summed E-state index contributed by atoms with van der Waals surface area (Å²) >= 11 is 0. The monoisotopic (exact) mass is 386 g/mol. The smallest absolute Gasteiger partial charge is 0.295 e. The number of aromatic nitrogens is 3. The number of hydrogen-bond acceptors (Lipinski definition) is 4. The minimum atomic E-state index is -0.573. The first-order chi connectivity index (χ1) is 13.5. The molecule has 0 aliphatic rings.